The van der Waals surface area contributed by atoms with Gasteiger partial charge < -0.3 is 10.1 Å². The topological polar surface area (TPSA) is 85.0 Å². The lowest BCUT2D eigenvalue weighted by atomic mass is 9.96. The van der Waals surface area contributed by atoms with Crippen LogP contribution < -0.4 is 5.32 Å². The van der Waals surface area contributed by atoms with Gasteiger partial charge in [-0.3, -0.25) is 4.90 Å². The number of hydrogen-bond donors (Lipinski definition) is 1. The van der Waals surface area contributed by atoms with Crippen molar-refractivity contribution in [2.45, 2.75) is 19.5 Å². The number of pyridine rings is 1. The fraction of sp³-hybridized carbons (Fsp3) is 0.389. The summed E-state index contributed by atoms with van der Waals surface area (Å²) in [5, 5.41) is 23.8. The molecule has 8 heteroatoms. The van der Waals surface area contributed by atoms with Crippen LogP contribution in [0.1, 0.15) is 27.1 Å². The molecule has 0 spiro atoms. The number of anilines is 1. The molecule has 3 heterocycles. The monoisotopic (exact) mass is 387 g/mol. The van der Waals surface area contributed by atoms with E-state index in [1.165, 1.54) is 0 Å². The number of ether oxygens (including phenoxy) is 1. The number of thiophene rings is 1. The molecule has 0 bridgehead atoms. The van der Waals surface area contributed by atoms with Crippen LogP contribution in [-0.4, -0.2) is 36.7 Å². The van der Waals surface area contributed by atoms with E-state index in [-0.39, 0.29) is 5.15 Å². The Morgan fingerprint density at radius 1 is 1.38 bits per heavy atom. The minimum Gasteiger partial charge on any atom is -0.383 e. The highest BCUT2D eigenvalue weighted by molar-refractivity contribution is 7.10. The first-order valence-electron chi connectivity index (χ1n) is 8.20. The number of methoxy groups -OCH3 is 1. The van der Waals surface area contributed by atoms with Gasteiger partial charge in [-0.2, -0.15) is 10.5 Å². The summed E-state index contributed by atoms with van der Waals surface area (Å²) in [5.41, 5.74) is 3.17. The molecule has 0 aliphatic carbocycles. The van der Waals surface area contributed by atoms with Crippen molar-refractivity contribution in [3.05, 3.63) is 43.7 Å². The number of rotatable bonds is 6. The van der Waals surface area contributed by atoms with E-state index >= 15 is 0 Å². The number of aromatic nitrogens is 1. The lowest BCUT2D eigenvalue weighted by Crippen LogP contribution is -2.31. The Morgan fingerprint density at radius 3 is 2.92 bits per heavy atom. The van der Waals surface area contributed by atoms with Gasteiger partial charge in [0.1, 0.15) is 23.1 Å². The minimum atomic E-state index is 0.247. The SMILES string of the molecule is COCCNc1nc(Cl)c(C#N)c2c1CN(Cc1cc(C#N)cs1)CC2. The van der Waals surface area contributed by atoms with Crippen molar-refractivity contribution in [2.75, 3.05) is 32.1 Å². The van der Waals surface area contributed by atoms with Gasteiger partial charge in [-0.25, -0.2) is 4.98 Å². The Kier molecular flexibility index (Phi) is 6.08. The average molecular weight is 388 g/mol. The molecule has 1 aliphatic heterocycles. The van der Waals surface area contributed by atoms with E-state index in [2.05, 4.69) is 27.3 Å². The number of nitrogens with zero attached hydrogens (tertiary/aromatic N) is 4. The van der Waals surface area contributed by atoms with Crippen molar-refractivity contribution in [3.63, 3.8) is 0 Å². The van der Waals surface area contributed by atoms with Crippen LogP contribution >= 0.6 is 22.9 Å². The lowest BCUT2D eigenvalue weighted by molar-refractivity contribution is 0.210. The molecule has 26 heavy (non-hydrogen) atoms. The maximum Gasteiger partial charge on any atom is 0.149 e. The normalized spacial score (nSPS) is 13.7. The van der Waals surface area contributed by atoms with Crippen LogP contribution in [0.5, 0.6) is 0 Å². The van der Waals surface area contributed by atoms with E-state index in [4.69, 9.17) is 21.6 Å². The zero-order valence-corrected chi connectivity index (χ0v) is 16.0. The smallest absolute Gasteiger partial charge is 0.149 e. The van der Waals surface area contributed by atoms with Crippen molar-refractivity contribution in [3.8, 4) is 12.1 Å². The molecule has 0 radical (unpaired) electrons. The van der Waals surface area contributed by atoms with Gasteiger partial charge >= 0.3 is 0 Å². The maximum absolute atomic E-state index is 9.45. The maximum atomic E-state index is 9.45. The van der Waals surface area contributed by atoms with Crippen molar-refractivity contribution in [2.24, 2.45) is 0 Å². The predicted molar refractivity (Wildman–Crippen MR) is 101 cm³/mol. The molecule has 0 saturated heterocycles. The summed E-state index contributed by atoms with van der Waals surface area (Å²) in [7, 11) is 1.65. The van der Waals surface area contributed by atoms with Crippen LogP contribution in [0.25, 0.3) is 0 Å². The third-order valence-corrected chi connectivity index (χ3v) is 5.50. The average Bonchev–Trinajstić information content (AvgIpc) is 3.10. The van der Waals surface area contributed by atoms with E-state index in [0.717, 1.165) is 41.3 Å². The van der Waals surface area contributed by atoms with Gasteiger partial charge in [-0.05, 0) is 18.1 Å². The van der Waals surface area contributed by atoms with E-state index < -0.39 is 0 Å². The summed E-state index contributed by atoms with van der Waals surface area (Å²) in [5.74, 6) is 0.717. The zero-order valence-electron chi connectivity index (χ0n) is 14.4. The molecular formula is C18H18ClN5OS. The van der Waals surface area contributed by atoms with Crippen molar-refractivity contribution >= 4 is 28.8 Å². The Hall–Kier alpha value is -2.16. The van der Waals surface area contributed by atoms with Gasteiger partial charge in [-0.15, -0.1) is 11.3 Å². The van der Waals surface area contributed by atoms with Gasteiger partial charge in [0, 0.05) is 49.1 Å². The van der Waals surface area contributed by atoms with Crippen LogP contribution in [-0.2, 0) is 24.2 Å². The largest absolute Gasteiger partial charge is 0.383 e. The third-order valence-electron chi connectivity index (χ3n) is 4.30. The second-order valence-electron chi connectivity index (χ2n) is 5.99. The molecule has 0 amide bonds. The molecular weight excluding hydrogens is 370 g/mol. The summed E-state index contributed by atoms with van der Waals surface area (Å²) in [6.45, 7) is 3.47. The number of halogens is 1. The molecule has 1 N–H and O–H groups in total. The molecule has 0 fully saturated rings. The van der Waals surface area contributed by atoms with Crippen LogP contribution in [0.15, 0.2) is 11.4 Å². The Labute approximate surface area is 161 Å². The van der Waals surface area contributed by atoms with Crippen molar-refractivity contribution < 1.29 is 4.74 Å². The van der Waals surface area contributed by atoms with Gasteiger partial charge in [0.2, 0.25) is 0 Å². The summed E-state index contributed by atoms with van der Waals surface area (Å²) in [6, 6.07) is 6.29. The lowest BCUT2D eigenvalue weighted by Gasteiger charge is -2.30. The van der Waals surface area contributed by atoms with Crippen molar-refractivity contribution in [1.82, 2.24) is 9.88 Å². The Balaban J connectivity index is 1.85. The minimum absolute atomic E-state index is 0.247. The van der Waals surface area contributed by atoms with Crippen molar-refractivity contribution in [1.29, 1.82) is 10.5 Å². The highest BCUT2D eigenvalue weighted by Crippen LogP contribution is 2.32. The van der Waals surface area contributed by atoms with Crippen LogP contribution in [0.4, 0.5) is 5.82 Å². The molecule has 2 aromatic heterocycles. The first kappa shape index (κ1) is 18.6. The molecule has 134 valence electrons. The summed E-state index contributed by atoms with van der Waals surface area (Å²) >= 11 is 7.81. The molecule has 0 unspecified atom stereocenters. The highest BCUT2D eigenvalue weighted by Gasteiger charge is 2.25. The van der Waals surface area contributed by atoms with Crippen LogP contribution in [0.3, 0.4) is 0 Å². The molecule has 0 atom stereocenters. The summed E-state index contributed by atoms with van der Waals surface area (Å²) in [6.07, 6.45) is 0.746. The molecule has 3 rings (SSSR count). The Morgan fingerprint density at radius 2 is 2.23 bits per heavy atom. The van der Waals surface area contributed by atoms with Gasteiger partial charge in [0.05, 0.1) is 17.7 Å². The van der Waals surface area contributed by atoms with Gasteiger partial charge in [-0.1, -0.05) is 11.6 Å². The number of fused-ring (bicyclic) bond motifs is 1. The van der Waals surface area contributed by atoms with E-state index in [9.17, 15) is 5.26 Å². The second-order valence-corrected chi connectivity index (χ2v) is 7.34. The van der Waals surface area contributed by atoms with Crippen LogP contribution in [0, 0.1) is 22.7 Å². The second kappa shape index (κ2) is 8.48. The third kappa shape index (κ3) is 3.98. The zero-order chi connectivity index (χ0) is 18.5. The summed E-state index contributed by atoms with van der Waals surface area (Å²) < 4.78 is 5.08. The van der Waals surface area contributed by atoms with E-state index in [0.29, 0.717) is 30.8 Å². The first-order chi connectivity index (χ1) is 12.7. The number of nitrogens with one attached hydrogen (secondary N) is 1. The fourth-order valence-electron chi connectivity index (χ4n) is 3.07. The highest BCUT2D eigenvalue weighted by atomic mass is 35.5. The van der Waals surface area contributed by atoms with Crippen LogP contribution in [0.2, 0.25) is 5.15 Å². The Bertz CT molecular complexity index is 883. The predicted octanol–water partition coefficient (Wildman–Crippen LogP) is 3.16. The first-order valence-corrected chi connectivity index (χ1v) is 9.46. The standard InChI is InChI=1S/C18H18ClN5OS/c1-25-5-3-22-18-16-10-24(9-13-6-12(7-20)11-26-13)4-2-14(16)15(8-21)17(19)23-18/h6,11H,2-5,9-10H2,1H3,(H,22,23). The molecule has 6 nitrogen and oxygen atoms in total. The molecule has 2 aromatic rings. The molecule has 1 aliphatic rings. The van der Waals surface area contributed by atoms with E-state index in [1.54, 1.807) is 18.4 Å². The van der Waals surface area contributed by atoms with Gasteiger partial charge in [0.15, 0.2) is 0 Å². The number of nitriles is 2. The molecule has 0 saturated carbocycles. The van der Waals surface area contributed by atoms with E-state index in [1.807, 2.05) is 11.4 Å². The summed E-state index contributed by atoms with van der Waals surface area (Å²) in [4.78, 5) is 7.85. The molecule has 0 aromatic carbocycles. The quantitative estimate of drug-likeness (QED) is 0.605. The fourth-order valence-corrected chi connectivity index (χ4v) is 4.16. The number of hydrogen-bond acceptors (Lipinski definition) is 7. The van der Waals surface area contributed by atoms with Gasteiger partial charge in [0.25, 0.3) is 0 Å².